The van der Waals surface area contributed by atoms with Gasteiger partial charge in [-0.1, -0.05) is 0 Å². The van der Waals surface area contributed by atoms with Crippen molar-refractivity contribution in [2.75, 3.05) is 0 Å². The van der Waals surface area contributed by atoms with Crippen LogP contribution < -0.4 is 4.74 Å². The van der Waals surface area contributed by atoms with Crippen molar-refractivity contribution < 1.29 is 19.0 Å². The highest BCUT2D eigenvalue weighted by Gasteiger charge is 2.13. The van der Waals surface area contributed by atoms with Gasteiger partial charge in [0, 0.05) is 6.07 Å². The molecule has 2 rings (SSSR count). The molecule has 0 bridgehead atoms. The average Bonchev–Trinajstić information content (AvgIpc) is 2.72. The number of aromatic nitrogens is 4. The van der Waals surface area contributed by atoms with E-state index in [4.69, 9.17) is 9.84 Å². The molecule has 18 heavy (non-hydrogen) atoms. The summed E-state index contributed by atoms with van der Waals surface area (Å²) in [6, 6.07) is 3.19. The van der Waals surface area contributed by atoms with Gasteiger partial charge >= 0.3 is 5.97 Å². The van der Waals surface area contributed by atoms with Crippen LogP contribution in [0.2, 0.25) is 0 Å². The molecule has 0 spiro atoms. The molecule has 8 heteroatoms. The summed E-state index contributed by atoms with van der Waals surface area (Å²) < 4.78 is 18.2. The monoisotopic (exact) mass is 252 g/mol. The zero-order valence-corrected chi connectivity index (χ0v) is 9.37. The average molecular weight is 252 g/mol. The number of tetrazole rings is 1. The summed E-state index contributed by atoms with van der Waals surface area (Å²) in [5.41, 5.74) is -0.125. The van der Waals surface area contributed by atoms with E-state index in [2.05, 4.69) is 15.4 Å². The van der Waals surface area contributed by atoms with Crippen LogP contribution in [0.4, 0.5) is 4.39 Å². The fraction of sp³-hybridized carbons (Fsp3) is 0.200. The van der Waals surface area contributed by atoms with E-state index in [0.29, 0.717) is 0 Å². The highest BCUT2D eigenvalue weighted by molar-refractivity contribution is 5.90. The Labute approximate surface area is 101 Å². The quantitative estimate of drug-likeness (QED) is 0.858. The molecule has 0 saturated heterocycles. The fourth-order valence-electron chi connectivity index (χ4n) is 1.32. The molecule has 0 saturated carbocycles. The van der Waals surface area contributed by atoms with Gasteiger partial charge < -0.3 is 9.84 Å². The maximum absolute atomic E-state index is 13.0. The van der Waals surface area contributed by atoms with E-state index >= 15 is 0 Å². The normalized spacial score (nSPS) is 10.3. The SMILES string of the molecule is Cn1nnc(COc2cc(F)ccc2C(=O)O)n1. The number of hydrogen-bond acceptors (Lipinski definition) is 5. The van der Waals surface area contributed by atoms with Crippen molar-refractivity contribution >= 4 is 5.97 Å². The van der Waals surface area contributed by atoms with Crippen molar-refractivity contribution in [3.8, 4) is 5.75 Å². The standard InChI is InChI=1S/C10H9FN4O3/c1-15-13-9(12-14-15)5-18-8-4-6(11)2-3-7(8)10(16)17/h2-4H,5H2,1H3,(H,16,17). The molecule has 7 nitrogen and oxygen atoms in total. The van der Waals surface area contributed by atoms with Gasteiger partial charge in [0.05, 0.1) is 7.05 Å². The smallest absolute Gasteiger partial charge is 0.339 e. The Kier molecular flexibility index (Phi) is 3.18. The number of aryl methyl sites for hydroxylation is 1. The zero-order chi connectivity index (χ0) is 13.1. The second-order valence-electron chi connectivity index (χ2n) is 3.43. The Morgan fingerprint density at radius 2 is 2.33 bits per heavy atom. The van der Waals surface area contributed by atoms with Crippen LogP contribution in [0, 0.1) is 5.82 Å². The first-order valence-electron chi connectivity index (χ1n) is 4.95. The van der Waals surface area contributed by atoms with Gasteiger partial charge in [-0.15, -0.1) is 10.2 Å². The predicted molar refractivity (Wildman–Crippen MR) is 56.5 cm³/mol. The Bertz CT molecular complexity index is 584. The van der Waals surface area contributed by atoms with Gasteiger partial charge in [0.25, 0.3) is 0 Å². The molecule has 1 aromatic heterocycles. The lowest BCUT2D eigenvalue weighted by molar-refractivity contribution is 0.0691. The summed E-state index contributed by atoms with van der Waals surface area (Å²) in [5.74, 6) is -1.58. The second kappa shape index (κ2) is 4.78. The van der Waals surface area contributed by atoms with E-state index in [1.807, 2.05) is 0 Å². The fourth-order valence-corrected chi connectivity index (χ4v) is 1.32. The Morgan fingerprint density at radius 3 is 2.94 bits per heavy atom. The largest absolute Gasteiger partial charge is 0.484 e. The third-order valence-corrected chi connectivity index (χ3v) is 2.08. The van der Waals surface area contributed by atoms with Crippen molar-refractivity contribution in [2.45, 2.75) is 6.61 Å². The van der Waals surface area contributed by atoms with Crippen LogP contribution in [0.3, 0.4) is 0 Å². The van der Waals surface area contributed by atoms with Crippen LogP contribution in [0.25, 0.3) is 0 Å². The van der Waals surface area contributed by atoms with Gasteiger partial charge in [-0.3, -0.25) is 0 Å². The molecule has 0 unspecified atom stereocenters. The van der Waals surface area contributed by atoms with Crippen LogP contribution in [0.1, 0.15) is 16.2 Å². The van der Waals surface area contributed by atoms with Crippen LogP contribution in [0.5, 0.6) is 5.75 Å². The number of halogens is 1. The molecule has 2 aromatic rings. The van der Waals surface area contributed by atoms with Crippen LogP contribution in [-0.4, -0.2) is 31.3 Å². The van der Waals surface area contributed by atoms with E-state index in [1.54, 1.807) is 7.05 Å². The van der Waals surface area contributed by atoms with E-state index < -0.39 is 11.8 Å². The van der Waals surface area contributed by atoms with Gasteiger partial charge in [0.2, 0.25) is 5.82 Å². The van der Waals surface area contributed by atoms with E-state index in [-0.39, 0.29) is 23.7 Å². The highest BCUT2D eigenvalue weighted by atomic mass is 19.1. The number of aromatic carboxylic acids is 1. The van der Waals surface area contributed by atoms with Gasteiger partial charge in [-0.05, 0) is 17.3 Å². The lowest BCUT2D eigenvalue weighted by Gasteiger charge is -2.06. The first-order valence-corrected chi connectivity index (χ1v) is 4.95. The van der Waals surface area contributed by atoms with Gasteiger partial charge in [-0.25, -0.2) is 9.18 Å². The van der Waals surface area contributed by atoms with Gasteiger partial charge in [0.1, 0.15) is 17.1 Å². The highest BCUT2D eigenvalue weighted by Crippen LogP contribution is 2.20. The Morgan fingerprint density at radius 1 is 1.56 bits per heavy atom. The molecule has 1 aromatic carbocycles. The van der Waals surface area contributed by atoms with Crippen LogP contribution in [0.15, 0.2) is 18.2 Å². The first kappa shape index (κ1) is 12.0. The number of rotatable bonds is 4. The van der Waals surface area contributed by atoms with E-state index in [1.165, 1.54) is 4.80 Å². The van der Waals surface area contributed by atoms with E-state index in [0.717, 1.165) is 18.2 Å². The van der Waals surface area contributed by atoms with Crippen LogP contribution >= 0.6 is 0 Å². The van der Waals surface area contributed by atoms with Crippen molar-refractivity contribution in [2.24, 2.45) is 7.05 Å². The number of nitrogens with zero attached hydrogens (tertiary/aromatic N) is 4. The molecular formula is C10H9FN4O3. The molecule has 94 valence electrons. The molecule has 0 aliphatic rings. The topological polar surface area (TPSA) is 90.1 Å². The molecule has 1 N–H and O–H groups in total. The third kappa shape index (κ3) is 2.59. The molecule has 0 amide bonds. The summed E-state index contributed by atoms with van der Waals surface area (Å²) in [5, 5.41) is 20.0. The molecule has 1 heterocycles. The summed E-state index contributed by atoms with van der Waals surface area (Å²) in [7, 11) is 1.58. The minimum absolute atomic E-state index is 0.0741. The molecular weight excluding hydrogens is 243 g/mol. The molecule has 0 aliphatic heterocycles. The number of benzene rings is 1. The third-order valence-electron chi connectivity index (χ3n) is 2.08. The van der Waals surface area contributed by atoms with Crippen molar-refractivity contribution in [3.63, 3.8) is 0 Å². The molecule has 0 radical (unpaired) electrons. The molecule has 0 fully saturated rings. The second-order valence-corrected chi connectivity index (χ2v) is 3.43. The van der Waals surface area contributed by atoms with Crippen molar-refractivity contribution in [1.82, 2.24) is 20.2 Å². The van der Waals surface area contributed by atoms with Gasteiger partial charge in [0.15, 0.2) is 6.61 Å². The summed E-state index contributed by atoms with van der Waals surface area (Å²) in [6.45, 7) is -0.0857. The minimum atomic E-state index is -1.20. The lowest BCUT2D eigenvalue weighted by Crippen LogP contribution is -2.05. The first-order chi connectivity index (χ1) is 8.56. The zero-order valence-electron chi connectivity index (χ0n) is 9.37. The summed E-state index contributed by atoms with van der Waals surface area (Å²) >= 11 is 0. The maximum Gasteiger partial charge on any atom is 0.339 e. The minimum Gasteiger partial charge on any atom is -0.484 e. The number of carbonyl (C=O) groups is 1. The van der Waals surface area contributed by atoms with Gasteiger partial charge in [-0.2, -0.15) is 4.80 Å². The Hall–Kier alpha value is -2.51. The number of ether oxygens (including phenoxy) is 1. The number of hydrogen-bond donors (Lipinski definition) is 1. The van der Waals surface area contributed by atoms with E-state index in [9.17, 15) is 9.18 Å². The van der Waals surface area contributed by atoms with Crippen molar-refractivity contribution in [1.29, 1.82) is 0 Å². The lowest BCUT2D eigenvalue weighted by atomic mass is 10.2. The molecule has 0 aliphatic carbocycles. The van der Waals surface area contributed by atoms with Crippen LogP contribution in [-0.2, 0) is 13.7 Å². The number of carboxylic acids is 1. The summed E-state index contributed by atoms with van der Waals surface area (Å²) in [6.07, 6.45) is 0. The maximum atomic E-state index is 13.0. The molecule has 0 atom stereocenters. The number of carboxylic acid groups (broad SMARTS) is 1. The predicted octanol–water partition coefficient (Wildman–Crippen LogP) is 0.626. The Balaban J connectivity index is 2.17. The van der Waals surface area contributed by atoms with Crippen molar-refractivity contribution in [3.05, 3.63) is 35.4 Å². The summed E-state index contributed by atoms with van der Waals surface area (Å²) in [4.78, 5) is 12.1.